The fourth-order valence-corrected chi connectivity index (χ4v) is 9.03. The third kappa shape index (κ3) is 6.06. The van der Waals surface area contributed by atoms with Crippen molar-refractivity contribution >= 4 is 71.7 Å². The van der Waals surface area contributed by atoms with Crippen LogP contribution in [0.4, 0.5) is 17.1 Å². The molecule has 2 heterocycles. The summed E-state index contributed by atoms with van der Waals surface area (Å²) in [4.78, 5) is 2.34. The van der Waals surface area contributed by atoms with Crippen LogP contribution in [0.5, 0.6) is 0 Å². The van der Waals surface area contributed by atoms with Gasteiger partial charge in [0.2, 0.25) is 0 Å². The molecule has 3 heteroatoms. The second kappa shape index (κ2) is 14.3. The summed E-state index contributed by atoms with van der Waals surface area (Å²) in [6.07, 6.45) is 0. The van der Waals surface area contributed by atoms with Crippen molar-refractivity contribution in [1.82, 2.24) is 0 Å². The molecule has 0 fully saturated rings. The monoisotopic (exact) mass is 779 g/mol. The molecule has 286 valence electrons. The number of fused-ring (bicyclic) bond motifs is 8. The predicted molar refractivity (Wildman–Crippen MR) is 255 cm³/mol. The molecule has 61 heavy (non-hydrogen) atoms. The van der Waals surface area contributed by atoms with E-state index in [1.807, 2.05) is 12.1 Å². The summed E-state index contributed by atoms with van der Waals surface area (Å²) in [6, 6.07) is 80.0. The zero-order valence-corrected chi connectivity index (χ0v) is 33.1. The van der Waals surface area contributed by atoms with Crippen LogP contribution in [-0.2, 0) is 0 Å². The average Bonchev–Trinajstić information content (AvgIpc) is 3.91. The van der Waals surface area contributed by atoms with E-state index >= 15 is 0 Å². The van der Waals surface area contributed by atoms with Crippen LogP contribution in [0.2, 0.25) is 0 Å². The molecule has 0 saturated carbocycles. The van der Waals surface area contributed by atoms with Gasteiger partial charge < -0.3 is 13.7 Å². The summed E-state index contributed by atoms with van der Waals surface area (Å²) in [5.74, 6) is 0. The largest absolute Gasteiger partial charge is 0.456 e. The minimum atomic E-state index is 0.893. The zero-order valence-electron chi connectivity index (χ0n) is 33.1. The van der Waals surface area contributed by atoms with Crippen LogP contribution in [0.3, 0.4) is 0 Å². The van der Waals surface area contributed by atoms with E-state index in [1.54, 1.807) is 0 Å². The third-order valence-electron chi connectivity index (χ3n) is 12.1. The molecule has 0 radical (unpaired) electrons. The first-order valence-corrected chi connectivity index (χ1v) is 20.7. The molecule has 0 atom stereocenters. The highest BCUT2D eigenvalue weighted by Gasteiger charge is 2.18. The Morgan fingerprint density at radius 3 is 1.48 bits per heavy atom. The van der Waals surface area contributed by atoms with Gasteiger partial charge in [-0.15, -0.1) is 0 Å². The van der Waals surface area contributed by atoms with Gasteiger partial charge in [-0.1, -0.05) is 158 Å². The van der Waals surface area contributed by atoms with E-state index in [0.29, 0.717) is 0 Å². The van der Waals surface area contributed by atoms with Crippen LogP contribution in [0.15, 0.2) is 233 Å². The van der Waals surface area contributed by atoms with Crippen LogP contribution in [0.25, 0.3) is 99.2 Å². The quantitative estimate of drug-likeness (QED) is 0.161. The van der Waals surface area contributed by atoms with Gasteiger partial charge in [-0.05, 0) is 117 Å². The molecule has 0 N–H and O–H groups in total. The highest BCUT2D eigenvalue weighted by molar-refractivity contribution is 6.19. The van der Waals surface area contributed by atoms with Gasteiger partial charge in [-0.25, -0.2) is 0 Å². The lowest BCUT2D eigenvalue weighted by Crippen LogP contribution is -2.09. The molecule has 12 aromatic rings. The molecule has 2 aromatic heterocycles. The van der Waals surface area contributed by atoms with Crippen LogP contribution >= 0.6 is 0 Å². The number of hydrogen-bond donors (Lipinski definition) is 0. The molecular formula is C58H37NO2. The topological polar surface area (TPSA) is 29.5 Å². The average molecular weight is 780 g/mol. The Morgan fingerprint density at radius 1 is 0.279 bits per heavy atom. The van der Waals surface area contributed by atoms with Crippen molar-refractivity contribution in [3.05, 3.63) is 224 Å². The van der Waals surface area contributed by atoms with Crippen molar-refractivity contribution in [1.29, 1.82) is 0 Å². The van der Waals surface area contributed by atoms with Gasteiger partial charge in [0.1, 0.15) is 22.3 Å². The van der Waals surface area contributed by atoms with Gasteiger partial charge in [0.05, 0.1) is 0 Å². The Morgan fingerprint density at radius 2 is 0.787 bits per heavy atom. The first-order chi connectivity index (χ1) is 30.2. The first kappa shape index (κ1) is 34.9. The fourth-order valence-electron chi connectivity index (χ4n) is 9.03. The maximum absolute atomic E-state index is 6.54. The Kier molecular flexibility index (Phi) is 8.17. The number of nitrogens with zero attached hydrogens (tertiary/aromatic N) is 1. The van der Waals surface area contributed by atoms with E-state index in [9.17, 15) is 0 Å². The van der Waals surface area contributed by atoms with E-state index in [0.717, 1.165) is 88.6 Å². The minimum Gasteiger partial charge on any atom is -0.456 e. The molecule has 3 nitrogen and oxygen atoms in total. The summed E-state index contributed by atoms with van der Waals surface area (Å²) in [6.45, 7) is 0. The predicted octanol–water partition coefficient (Wildman–Crippen LogP) is 16.8. The lowest BCUT2D eigenvalue weighted by Gasteiger charge is -2.26. The van der Waals surface area contributed by atoms with E-state index in [1.165, 1.54) is 27.6 Å². The molecule has 10 aromatic carbocycles. The van der Waals surface area contributed by atoms with Gasteiger partial charge in [-0.2, -0.15) is 0 Å². The van der Waals surface area contributed by atoms with E-state index in [4.69, 9.17) is 8.83 Å². The smallest absolute Gasteiger partial charge is 0.143 e. The van der Waals surface area contributed by atoms with Gasteiger partial charge in [0, 0.05) is 44.0 Å². The first-order valence-electron chi connectivity index (χ1n) is 20.7. The number of rotatable bonds is 7. The van der Waals surface area contributed by atoms with Crippen molar-refractivity contribution < 1.29 is 8.83 Å². The summed E-state index contributed by atoms with van der Waals surface area (Å²) in [5, 5.41) is 6.83. The molecular weight excluding hydrogens is 743 g/mol. The molecule has 0 bridgehead atoms. The van der Waals surface area contributed by atoms with Crippen LogP contribution in [0, 0.1) is 0 Å². The van der Waals surface area contributed by atoms with Gasteiger partial charge in [0.25, 0.3) is 0 Å². The highest BCUT2D eigenvalue weighted by Crippen LogP contribution is 2.42. The number of hydrogen-bond acceptors (Lipinski definition) is 3. The van der Waals surface area contributed by atoms with Gasteiger partial charge >= 0.3 is 0 Å². The molecule has 0 aliphatic carbocycles. The molecule has 0 aliphatic heterocycles. The molecule has 12 rings (SSSR count). The highest BCUT2D eigenvalue weighted by atomic mass is 16.3. The second-order valence-corrected chi connectivity index (χ2v) is 15.7. The van der Waals surface area contributed by atoms with Crippen molar-refractivity contribution in [2.75, 3.05) is 4.90 Å². The summed E-state index contributed by atoms with van der Waals surface area (Å²) >= 11 is 0. The minimum absolute atomic E-state index is 0.893. The molecule has 0 spiro atoms. The van der Waals surface area contributed by atoms with E-state index in [-0.39, 0.29) is 0 Å². The van der Waals surface area contributed by atoms with Crippen LogP contribution in [0.1, 0.15) is 0 Å². The van der Waals surface area contributed by atoms with Crippen molar-refractivity contribution in [2.45, 2.75) is 0 Å². The van der Waals surface area contributed by atoms with Crippen LogP contribution < -0.4 is 4.90 Å². The lowest BCUT2D eigenvalue weighted by molar-refractivity contribution is 0.669. The Labute approximate surface area is 353 Å². The number of benzene rings is 10. The summed E-state index contributed by atoms with van der Waals surface area (Å²) in [7, 11) is 0. The number of anilines is 3. The SMILES string of the molecule is c1ccc(-c2ccc(-c3ccc(N(c4ccc(-c5ccc6oc7ccccc7c6c5)cc4)c4ccc(-c5cccc6oc7c8ccccc8ccc7c56)cc4)cc3)cc2)cc1. The summed E-state index contributed by atoms with van der Waals surface area (Å²) in [5.41, 5.74) is 16.2. The standard InChI is InChI=1S/C58H37NO2/c1-2-9-38(10-3-1)39-17-19-40(20-18-39)41-21-29-46(30-22-41)59(47-31-23-42(24-32-47)45-28-36-55-53(37-45)51-13-6-7-15-54(51)60-55)48-33-25-44(26-34-48)49-14-8-16-56-57(49)52-35-27-43-11-4-5-12-50(43)58(52)61-56/h1-37H. The number of para-hydroxylation sites is 1. The van der Waals surface area contributed by atoms with Crippen molar-refractivity contribution in [3.63, 3.8) is 0 Å². The Hall–Kier alpha value is -8.14. The third-order valence-corrected chi connectivity index (χ3v) is 12.1. The molecule has 0 amide bonds. The summed E-state index contributed by atoms with van der Waals surface area (Å²) < 4.78 is 12.7. The lowest BCUT2D eigenvalue weighted by atomic mass is 9.97. The van der Waals surface area contributed by atoms with E-state index in [2.05, 4.69) is 217 Å². The molecule has 0 aliphatic rings. The maximum atomic E-state index is 6.54. The van der Waals surface area contributed by atoms with Crippen molar-refractivity contribution in [3.8, 4) is 44.5 Å². The second-order valence-electron chi connectivity index (χ2n) is 15.7. The molecule has 0 saturated heterocycles. The van der Waals surface area contributed by atoms with Crippen molar-refractivity contribution in [2.24, 2.45) is 0 Å². The Bertz CT molecular complexity index is 3540. The normalized spacial score (nSPS) is 11.6. The number of furan rings is 2. The van der Waals surface area contributed by atoms with E-state index < -0.39 is 0 Å². The Balaban J connectivity index is 0.922. The van der Waals surface area contributed by atoms with Crippen LogP contribution in [-0.4, -0.2) is 0 Å². The zero-order chi connectivity index (χ0) is 40.3. The van der Waals surface area contributed by atoms with Gasteiger partial charge in [0.15, 0.2) is 0 Å². The van der Waals surface area contributed by atoms with Gasteiger partial charge in [-0.3, -0.25) is 0 Å². The molecule has 0 unspecified atom stereocenters. The fraction of sp³-hybridized carbons (Fsp3) is 0. The maximum Gasteiger partial charge on any atom is 0.143 e.